The van der Waals surface area contributed by atoms with E-state index >= 15 is 0 Å². The fourth-order valence-corrected chi connectivity index (χ4v) is 5.58. The summed E-state index contributed by atoms with van der Waals surface area (Å²) in [6.45, 7) is 8.02. The van der Waals surface area contributed by atoms with Crippen molar-refractivity contribution in [2.75, 3.05) is 26.3 Å². The molecule has 2 aromatic rings. The molecule has 0 spiro atoms. The number of ether oxygens (including phenoxy) is 2. The van der Waals surface area contributed by atoms with Crippen LogP contribution in [-0.2, 0) is 9.53 Å². The molecule has 0 amide bonds. The van der Waals surface area contributed by atoms with Crippen LogP contribution >= 0.6 is 11.8 Å². The number of thioether (sulfide) groups is 1. The van der Waals surface area contributed by atoms with E-state index in [-0.39, 0.29) is 29.1 Å². The summed E-state index contributed by atoms with van der Waals surface area (Å²) in [6, 6.07) is 7.81. The zero-order chi connectivity index (χ0) is 22.0. The van der Waals surface area contributed by atoms with E-state index in [1.807, 2.05) is 38.1 Å². The normalized spacial score (nSPS) is 20.5. The monoisotopic (exact) mass is 444 g/mol. The molecule has 1 aromatic heterocycles. The third kappa shape index (κ3) is 4.48. The maximum absolute atomic E-state index is 13.2. The number of piperidine rings is 1. The molecule has 2 unspecified atom stereocenters. The summed E-state index contributed by atoms with van der Waals surface area (Å²) in [5.41, 5.74) is 1.05. The first-order chi connectivity index (χ1) is 15.0. The van der Waals surface area contributed by atoms with Crippen molar-refractivity contribution in [3.05, 3.63) is 35.7 Å². The van der Waals surface area contributed by atoms with Crippen LogP contribution in [0, 0.1) is 12.8 Å². The van der Waals surface area contributed by atoms with Crippen LogP contribution in [0.5, 0.6) is 5.75 Å². The van der Waals surface area contributed by atoms with Crippen LogP contribution in [-0.4, -0.2) is 63.1 Å². The van der Waals surface area contributed by atoms with E-state index in [1.165, 1.54) is 16.4 Å². The summed E-state index contributed by atoms with van der Waals surface area (Å²) in [4.78, 5) is 32.1. The number of fused-ring (bicyclic) bond motifs is 1. The lowest BCUT2D eigenvalue weighted by Crippen LogP contribution is -2.44. The van der Waals surface area contributed by atoms with Crippen molar-refractivity contribution in [1.82, 2.24) is 19.7 Å². The molecule has 2 aliphatic heterocycles. The summed E-state index contributed by atoms with van der Waals surface area (Å²) in [5, 5.41) is 4.58. The molecule has 31 heavy (non-hydrogen) atoms. The second-order valence-electron chi connectivity index (χ2n) is 7.74. The van der Waals surface area contributed by atoms with Crippen molar-refractivity contribution in [2.24, 2.45) is 5.92 Å². The highest BCUT2D eigenvalue weighted by atomic mass is 32.2. The van der Waals surface area contributed by atoms with Crippen LogP contribution in [0.1, 0.15) is 48.9 Å². The van der Waals surface area contributed by atoms with E-state index in [0.29, 0.717) is 24.2 Å². The Bertz CT molecular complexity index is 937. The van der Waals surface area contributed by atoms with Gasteiger partial charge in [-0.3, -0.25) is 14.5 Å². The van der Waals surface area contributed by atoms with Crippen LogP contribution < -0.4 is 4.74 Å². The van der Waals surface area contributed by atoms with Crippen molar-refractivity contribution in [3.8, 4) is 5.75 Å². The Morgan fingerprint density at radius 2 is 1.90 bits per heavy atom. The van der Waals surface area contributed by atoms with Crippen molar-refractivity contribution < 1.29 is 19.1 Å². The summed E-state index contributed by atoms with van der Waals surface area (Å²) >= 11 is 1.47. The van der Waals surface area contributed by atoms with Gasteiger partial charge in [-0.2, -0.15) is 4.68 Å². The zero-order valence-corrected chi connectivity index (χ0v) is 18.9. The average Bonchev–Trinajstić information content (AvgIpc) is 3.27. The van der Waals surface area contributed by atoms with Crippen LogP contribution in [0.25, 0.3) is 0 Å². The Labute approximate surface area is 186 Å². The van der Waals surface area contributed by atoms with E-state index in [0.717, 1.165) is 37.2 Å². The average molecular weight is 445 g/mol. The number of nitrogens with zero attached hydrogens (tertiary/aromatic N) is 4. The lowest BCUT2D eigenvalue weighted by molar-refractivity contribution is -0.149. The first kappa shape index (κ1) is 21.8. The lowest BCUT2D eigenvalue weighted by Gasteiger charge is -2.38. The number of carbonyl (C=O) groups is 2. The predicted molar refractivity (Wildman–Crippen MR) is 116 cm³/mol. The Balaban J connectivity index is 1.57. The van der Waals surface area contributed by atoms with Crippen LogP contribution in [0.2, 0.25) is 0 Å². The third-order valence-corrected chi connectivity index (χ3v) is 6.92. The molecule has 3 heterocycles. The van der Waals surface area contributed by atoms with Crippen LogP contribution in [0.15, 0.2) is 29.4 Å². The van der Waals surface area contributed by atoms with Gasteiger partial charge in [-0.05, 0) is 64.4 Å². The van der Waals surface area contributed by atoms with Gasteiger partial charge >= 0.3 is 5.97 Å². The molecule has 2 aliphatic rings. The molecule has 0 radical (unpaired) electrons. The van der Waals surface area contributed by atoms with Crippen molar-refractivity contribution in [3.63, 3.8) is 0 Å². The van der Waals surface area contributed by atoms with Gasteiger partial charge in [-0.15, -0.1) is 5.10 Å². The van der Waals surface area contributed by atoms with E-state index in [2.05, 4.69) is 15.0 Å². The predicted octanol–water partition coefficient (Wildman–Crippen LogP) is 3.12. The van der Waals surface area contributed by atoms with E-state index in [9.17, 15) is 9.59 Å². The number of esters is 1. The van der Waals surface area contributed by atoms with E-state index < -0.39 is 0 Å². The number of hydrogen-bond acceptors (Lipinski definition) is 8. The highest BCUT2D eigenvalue weighted by Gasteiger charge is 2.44. The number of aryl methyl sites for hydroxylation is 1. The van der Waals surface area contributed by atoms with Crippen molar-refractivity contribution in [2.45, 2.75) is 50.1 Å². The summed E-state index contributed by atoms with van der Waals surface area (Å²) in [7, 11) is 0. The minimum atomic E-state index is -0.340. The molecule has 0 aliphatic carbocycles. The molecular weight excluding hydrogens is 416 g/mol. The maximum Gasteiger partial charge on any atom is 0.309 e. The van der Waals surface area contributed by atoms with Gasteiger partial charge < -0.3 is 9.47 Å². The highest BCUT2D eigenvalue weighted by Crippen LogP contribution is 2.42. The highest BCUT2D eigenvalue weighted by molar-refractivity contribution is 8.00. The fourth-order valence-electron chi connectivity index (χ4n) is 4.28. The number of benzene rings is 1. The molecule has 1 fully saturated rings. The van der Waals surface area contributed by atoms with Crippen molar-refractivity contribution >= 4 is 23.6 Å². The van der Waals surface area contributed by atoms with Crippen molar-refractivity contribution in [1.29, 1.82) is 0 Å². The number of hydrogen-bond donors (Lipinski definition) is 0. The molecular formula is C22H28N4O4S. The molecule has 8 nitrogen and oxygen atoms in total. The van der Waals surface area contributed by atoms with Crippen LogP contribution in [0.4, 0.5) is 0 Å². The van der Waals surface area contributed by atoms with Gasteiger partial charge in [0.05, 0.1) is 25.2 Å². The number of carbonyl (C=O) groups excluding carboxylic acids is 2. The Hall–Kier alpha value is -2.39. The number of rotatable bonds is 7. The zero-order valence-electron chi connectivity index (χ0n) is 18.1. The third-order valence-electron chi connectivity index (χ3n) is 5.73. The first-order valence-electron chi connectivity index (χ1n) is 10.8. The smallest absolute Gasteiger partial charge is 0.309 e. The quantitative estimate of drug-likeness (QED) is 0.602. The van der Waals surface area contributed by atoms with Gasteiger partial charge in [-0.25, -0.2) is 4.98 Å². The summed E-state index contributed by atoms with van der Waals surface area (Å²) < 4.78 is 12.2. The largest absolute Gasteiger partial charge is 0.494 e. The van der Waals surface area contributed by atoms with E-state index in [4.69, 9.17) is 9.47 Å². The maximum atomic E-state index is 13.2. The molecule has 0 saturated carbocycles. The summed E-state index contributed by atoms with van der Waals surface area (Å²) in [5.74, 6) is 1.16. The molecule has 4 rings (SSSR count). The van der Waals surface area contributed by atoms with Gasteiger partial charge in [0.1, 0.15) is 16.8 Å². The molecule has 166 valence electrons. The fraction of sp³-hybridized carbons (Fsp3) is 0.545. The van der Waals surface area contributed by atoms with E-state index in [1.54, 1.807) is 6.92 Å². The Morgan fingerprint density at radius 3 is 2.52 bits per heavy atom. The van der Waals surface area contributed by atoms with Gasteiger partial charge in [0, 0.05) is 0 Å². The molecule has 1 aromatic carbocycles. The molecule has 1 saturated heterocycles. The van der Waals surface area contributed by atoms with Gasteiger partial charge in [0.25, 0.3) is 5.91 Å². The Morgan fingerprint density at radius 1 is 1.19 bits per heavy atom. The molecule has 2 atom stereocenters. The topological polar surface area (TPSA) is 86.5 Å². The molecule has 9 heteroatoms. The first-order valence-corrected chi connectivity index (χ1v) is 11.7. The molecule has 0 N–H and O–H groups in total. The van der Waals surface area contributed by atoms with Gasteiger partial charge in [0.15, 0.2) is 5.16 Å². The Kier molecular flexibility index (Phi) is 6.62. The summed E-state index contributed by atoms with van der Waals surface area (Å²) in [6.07, 6.45) is 1.44. The number of aromatic nitrogens is 3. The lowest BCUT2D eigenvalue weighted by atomic mass is 9.92. The van der Waals surface area contributed by atoms with Gasteiger partial charge in [-0.1, -0.05) is 23.9 Å². The minimum absolute atomic E-state index is 0.0491. The SMILES string of the molecule is CCOC(=O)C1CCN(C(c2ccc(OCC)cc2)C2Sc3nc(C)nn3C2=O)CC1. The standard InChI is InChI=1S/C22H28N4O4S/c1-4-29-17-8-6-15(7-9-17)18(19-20(27)26-22(31-19)23-14(3)24-26)25-12-10-16(11-13-25)21(28)30-5-2/h6-9,16,18-19H,4-5,10-13H2,1-3H3. The minimum Gasteiger partial charge on any atom is -0.494 e. The van der Waals surface area contributed by atoms with Crippen LogP contribution in [0.3, 0.4) is 0 Å². The molecule has 0 bridgehead atoms. The second-order valence-corrected chi connectivity index (χ2v) is 8.85. The second kappa shape index (κ2) is 9.40. The number of likely N-dealkylation sites (tertiary alicyclic amines) is 1. The van der Waals surface area contributed by atoms with Gasteiger partial charge in [0.2, 0.25) is 0 Å².